The first-order valence-corrected chi connectivity index (χ1v) is 12.1. The summed E-state index contributed by atoms with van der Waals surface area (Å²) in [5.41, 5.74) is 1.36. The minimum absolute atomic E-state index is 0.182. The van der Waals surface area contributed by atoms with E-state index in [9.17, 15) is 9.59 Å². The molecule has 0 bridgehead atoms. The standard InChI is InChI=1S/C27H33ClN4O5/c1-27(2,3)22-16-23(32(30-22)19-11-8-7-10-18(19)28)29-24(33)17-31(14-15-35-4)26(34)25-20(36-5)12-9-13-21(25)37-6/h7-13,16H,14-15,17H2,1-6H3,(H,29,33). The highest BCUT2D eigenvalue weighted by atomic mass is 35.5. The van der Waals surface area contributed by atoms with Gasteiger partial charge >= 0.3 is 0 Å². The van der Waals surface area contributed by atoms with Gasteiger partial charge in [0.1, 0.15) is 29.4 Å². The Balaban J connectivity index is 1.93. The van der Waals surface area contributed by atoms with Gasteiger partial charge in [0, 0.05) is 25.1 Å². The summed E-state index contributed by atoms with van der Waals surface area (Å²) in [5, 5.41) is 8.10. The lowest BCUT2D eigenvalue weighted by molar-refractivity contribution is -0.117. The van der Waals surface area contributed by atoms with Crippen LogP contribution in [0.2, 0.25) is 5.02 Å². The monoisotopic (exact) mass is 528 g/mol. The third-order valence-corrected chi connectivity index (χ3v) is 5.97. The fourth-order valence-electron chi connectivity index (χ4n) is 3.67. The first kappa shape index (κ1) is 28.0. The zero-order valence-corrected chi connectivity index (χ0v) is 22.8. The summed E-state index contributed by atoms with van der Waals surface area (Å²) in [6.45, 7) is 6.28. The lowest BCUT2D eigenvalue weighted by Crippen LogP contribution is -2.40. The Morgan fingerprint density at radius 2 is 1.68 bits per heavy atom. The second-order valence-corrected chi connectivity index (χ2v) is 9.74. The highest BCUT2D eigenvalue weighted by molar-refractivity contribution is 6.32. The maximum Gasteiger partial charge on any atom is 0.261 e. The number of hydrogen-bond donors (Lipinski definition) is 1. The number of rotatable bonds is 10. The number of nitrogens with one attached hydrogen (secondary N) is 1. The van der Waals surface area contributed by atoms with E-state index in [2.05, 4.69) is 5.32 Å². The quantitative estimate of drug-likeness (QED) is 0.414. The zero-order chi connectivity index (χ0) is 27.2. The molecule has 3 aromatic rings. The lowest BCUT2D eigenvalue weighted by Gasteiger charge is -2.24. The SMILES string of the molecule is COCCN(CC(=O)Nc1cc(C(C)(C)C)nn1-c1ccccc1Cl)C(=O)c1c(OC)cccc1OC. The van der Waals surface area contributed by atoms with Crippen molar-refractivity contribution in [2.24, 2.45) is 0 Å². The molecule has 1 heterocycles. The fourth-order valence-corrected chi connectivity index (χ4v) is 3.89. The van der Waals surface area contributed by atoms with Crippen LogP contribution in [0.15, 0.2) is 48.5 Å². The predicted octanol–water partition coefficient (Wildman–Crippen LogP) is 4.57. The number of anilines is 1. The molecule has 0 aliphatic carbocycles. The molecule has 0 spiro atoms. The number of para-hydroxylation sites is 1. The molecule has 0 aliphatic rings. The smallest absolute Gasteiger partial charge is 0.261 e. The third-order valence-electron chi connectivity index (χ3n) is 5.65. The van der Waals surface area contributed by atoms with Gasteiger partial charge in [-0.1, -0.05) is 50.6 Å². The van der Waals surface area contributed by atoms with Crippen LogP contribution in [0, 0.1) is 0 Å². The van der Waals surface area contributed by atoms with E-state index in [4.69, 9.17) is 30.9 Å². The number of nitrogens with zero attached hydrogens (tertiary/aromatic N) is 3. The van der Waals surface area contributed by atoms with Crippen molar-refractivity contribution in [1.29, 1.82) is 0 Å². The van der Waals surface area contributed by atoms with E-state index in [-0.39, 0.29) is 30.7 Å². The van der Waals surface area contributed by atoms with Crippen LogP contribution in [0.3, 0.4) is 0 Å². The summed E-state index contributed by atoms with van der Waals surface area (Å²) in [6, 6.07) is 14.1. The van der Waals surface area contributed by atoms with Gasteiger partial charge in [0.15, 0.2) is 0 Å². The second-order valence-electron chi connectivity index (χ2n) is 9.33. The predicted molar refractivity (Wildman–Crippen MR) is 143 cm³/mol. The molecular formula is C27H33ClN4O5. The Hall–Kier alpha value is -3.56. The van der Waals surface area contributed by atoms with Gasteiger partial charge in [0.2, 0.25) is 5.91 Å². The van der Waals surface area contributed by atoms with Gasteiger partial charge in [-0.3, -0.25) is 9.59 Å². The molecule has 3 rings (SSSR count). The van der Waals surface area contributed by atoms with Gasteiger partial charge in [0.05, 0.1) is 37.2 Å². The number of ether oxygens (including phenoxy) is 3. The number of carbonyl (C=O) groups is 2. The van der Waals surface area contributed by atoms with Crippen molar-refractivity contribution in [2.75, 3.05) is 46.3 Å². The summed E-state index contributed by atoms with van der Waals surface area (Å²) in [7, 11) is 4.48. The van der Waals surface area contributed by atoms with Crippen LogP contribution in [-0.2, 0) is 14.9 Å². The highest BCUT2D eigenvalue weighted by Gasteiger charge is 2.27. The Labute approximate surface area is 222 Å². The third kappa shape index (κ3) is 6.61. The van der Waals surface area contributed by atoms with E-state index in [1.165, 1.54) is 26.2 Å². The lowest BCUT2D eigenvalue weighted by atomic mass is 9.92. The zero-order valence-electron chi connectivity index (χ0n) is 22.0. The molecular weight excluding hydrogens is 496 g/mol. The van der Waals surface area contributed by atoms with E-state index in [1.807, 2.05) is 45.0 Å². The molecule has 2 amide bonds. The Kier molecular flexibility index (Phi) is 9.18. The van der Waals surface area contributed by atoms with Crippen molar-refractivity contribution in [3.8, 4) is 17.2 Å². The number of hydrogen-bond acceptors (Lipinski definition) is 6. The summed E-state index contributed by atoms with van der Waals surface area (Å²) in [4.78, 5) is 28.2. The Bertz CT molecular complexity index is 1230. The molecule has 9 nitrogen and oxygen atoms in total. The summed E-state index contributed by atoms with van der Waals surface area (Å²) < 4.78 is 17.6. The van der Waals surface area contributed by atoms with Crippen molar-refractivity contribution in [2.45, 2.75) is 26.2 Å². The average molecular weight is 529 g/mol. The van der Waals surface area contributed by atoms with E-state index in [1.54, 1.807) is 28.9 Å². The average Bonchev–Trinajstić information content (AvgIpc) is 3.29. The number of halogens is 1. The molecule has 0 unspecified atom stereocenters. The molecule has 0 radical (unpaired) electrons. The molecule has 0 saturated carbocycles. The maximum atomic E-state index is 13.6. The summed E-state index contributed by atoms with van der Waals surface area (Å²) in [6.07, 6.45) is 0. The number of carbonyl (C=O) groups excluding carboxylic acids is 2. The molecule has 198 valence electrons. The molecule has 1 N–H and O–H groups in total. The van der Waals surface area contributed by atoms with Gasteiger partial charge in [-0.15, -0.1) is 0 Å². The van der Waals surface area contributed by atoms with Crippen LogP contribution in [0.4, 0.5) is 5.82 Å². The van der Waals surface area contributed by atoms with E-state index in [0.29, 0.717) is 28.0 Å². The minimum atomic E-state index is -0.420. The van der Waals surface area contributed by atoms with Crippen LogP contribution >= 0.6 is 11.6 Å². The van der Waals surface area contributed by atoms with E-state index in [0.717, 1.165) is 5.69 Å². The van der Waals surface area contributed by atoms with Crippen LogP contribution in [0.25, 0.3) is 5.69 Å². The van der Waals surface area contributed by atoms with Crippen LogP contribution in [-0.4, -0.2) is 67.5 Å². The first-order valence-electron chi connectivity index (χ1n) is 11.7. The van der Waals surface area contributed by atoms with Crippen molar-refractivity contribution < 1.29 is 23.8 Å². The Morgan fingerprint density at radius 1 is 1.03 bits per heavy atom. The van der Waals surface area contributed by atoms with E-state index < -0.39 is 11.8 Å². The molecule has 1 aromatic heterocycles. The second kappa shape index (κ2) is 12.1. The molecule has 0 fully saturated rings. The molecule has 37 heavy (non-hydrogen) atoms. The van der Waals surface area contributed by atoms with Crippen LogP contribution in [0.5, 0.6) is 11.5 Å². The number of methoxy groups -OCH3 is 3. The molecule has 0 saturated heterocycles. The minimum Gasteiger partial charge on any atom is -0.496 e. The van der Waals surface area contributed by atoms with Crippen LogP contribution < -0.4 is 14.8 Å². The molecule has 0 aliphatic heterocycles. The van der Waals surface area contributed by atoms with Gasteiger partial charge in [-0.2, -0.15) is 5.10 Å². The number of aromatic nitrogens is 2. The maximum absolute atomic E-state index is 13.6. The van der Waals surface area contributed by atoms with Gasteiger partial charge in [-0.25, -0.2) is 4.68 Å². The fraction of sp³-hybridized carbons (Fsp3) is 0.370. The molecule has 0 atom stereocenters. The van der Waals surface area contributed by atoms with Gasteiger partial charge < -0.3 is 24.4 Å². The van der Waals surface area contributed by atoms with Crippen molar-refractivity contribution >= 4 is 29.2 Å². The number of benzene rings is 2. The van der Waals surface area contributed by atoms with Crippen LogP contribution in [0.1, 0.15) is 36.8 Å². The largest absolute Gasteiger partial charge is 0.496 e. The van der Waals surface area contributed by atoms with Crippen molar-refractivity contribution in [1.82, 2.24) is 14.7 Å². The highest BCUT2D eigenvalue weighted by Crippen LogP contribution is 2.31. The summed E-state index contributed by atoms with van der Waals surface area (Å²) >= 11 is 6.43. The summed E-state index contributed by atoms with van der Waals surface area (Å²) in [5.74, 6) is 0.304. The van der Waals surface area contributed by atoms with Gasteiger partial charge in [0.25, 0.3) is 5.91 Å². The molecule has 2 aromatic carbocycles. The van der Waals surface area contributed by atoms with E-state index >= 15 is 0 Å². The van der Waals surface area contributed by atoms with Crippen molar-refractivity contribution in [3.63, 3.8) is 0 Å². The van der Waals surface area contributed by atoms with Gasteiger partial charge in [-0.05, 0) is 24.3 Å². The molecule has 10 heteroatoms. The Morgan fingerprint density at radius 3 is 2.24 bits per heavy atom. The normalized spacial score (nSPS) is 11.2. The van der Waals surface area contributed by atoms with Crippen molar-refractivity contribution in [3.05, 3.63) is 64.8 Å². The number of amides is 2. The first-order chi connectivity index (χ1) is 17.6. The topological polar surface area (TPSA) is 94.9 Å².